The Morgan fingerprint density at radius 2 is 2.10 bits per heavy atom. The molecule has 0 radical (unpaired) electrons. The van der Waals surface area contributed by atoms with Crippen molar-refractivity contribution in [1.82, 2.24) is 10.2 Å². The third-order valence-electron chi connectivity index (χ3n) is 4.31. The molecule has 0 bridgehead atoms. The van der Waals surface area contributed by atoms with Gasteiger partial charge in [-0.1, -0.05) is 12.1 Å². The molecule has 0 spiro atoms. The summed E-state index contributed by atoms with van der Waals surface area (Å²) in [6.45, 7) is 3.98. The quantitative estimate of drug-likeness (QED) is 0.862. The molecule has 4 nitrogen and oxygen atoms in total. The number of piperidine rings is 1. The SMILES string of the molecule is COc1ccc(C(O)CNC2CCN(C)C(C)C2)cc1. The van der Waals surface area contributed by atoms with Crippen molar-refractivity contribution >= 4 is 0 Å². The summed E-state index contributed by atoms with van der Waals surface area (Å²) in [5.74, 6) is 0.818. The van der Waals surface area contributed by atoms with Gasteiger partial charge in [0.25, 0.3) is 0 Å². The van der Waals surface area contributed by atoms with E-state index >= 15 is 0 Å². The molecule has 0 saturated carbocycles. The summed E-state index contributed by atoms with van der Waals surface area (Å²) in [6.07, 6.45) is 1.83. The van der Waals surface area contributed by atoms with Gasteiger partial charge in [0.05, 0.1) is 13.2 Å². The molecule has 112 valence electrons. The molecule has 2 rings (SSSR count). The summed E-state index contributed by atoms with van der Waals surface area (Å²) < 4.78 is 5.12. The Morgan fingerprint density at radius 3 is 2.70 bits per heavy atom. The number of aliphatic hydroxyl groups is 1. The van der Waals surface area contributed by atoms with Crippen molar-refractivity contribution in [2.24, 2.45) is 0 Å². The molecule has 0 aliphatic carbocycles. The zero-order valence-corrected chi connectivity index (χ0v) is 12.7. The Bertz CT molecular complexity index is 407. The zero-order valence-electron chi connectivity index (χ0n) is 12.7. The van der Waals surface area contributed by atoms with Gasteiger partial charge in [0.2, 0.25) is 0 Å². The minimum atomic E-state index is -0.462. The predicted molar refractivity (Wildman–Crippen MR) is 81.1 cm³/mol. The lowest BCUT2D eigenvalue weighted by Crippen LogP contribution is -2.46. The first-order valence-corrected chi connectivity index (χ1v) is 7.35. The summed E-state index contributed by atoms with van der Waals surface area (Å²) in [4.78, 5) is 2.39. The minimum absolute atomic E-state index is 0.462. The lowest BCUT2D eigenvalue weighted by atomic mass is 9.98. The van der Waals surface area contributed by atoms with Gasteiger partial charge in [-0.05, 0) is 51.1 Å². The molecular weight excluding hydrogens is 252 g/mol. The van der Waals surface area contributed by atoms with E-state index in [1.165, 1.54) is 0 Å². The van der Waals surface area contributed by atoms with Crippen LogP contribution in [-0.4, -0.2) is 49.3 Å². The summed E-state index contributed by atoms with van der Waals surface area (Å²) in [5.41, 5.74) is 0.930. The molecule has 2 N–H and O–H groups in total. The number of likely N-dealkylation sites (tertiary alicyclic amines) is 1. The normalized spacial score (nSPS) is 25.4. The number of ether oxygens (including phenoxy) is 1. The van der Waals surface area contributed by atoms with Crippen LogP contribution in [0.2, 0.25) is 0 Å². The second-order valence-corrected chi connectivity index (χ2v) is 5.75. The van der Waals surface area contributed by atoms with Crippen LogP contribution < -0.4 is 10.1 Å². The maximum atomic E-state index is 10.2. The molecule has 1 aromatic carbocycles. The molecule has 3 unspecified atom stereocenters. The van der Waals surface area contributed by atoms with Crippen molar-refractivity contribution in [1.29, 1.82) is 0 Å². The third kappa shape index (κ3) is 3.95. The Labute approximate surface area is 121 Å². The lowest BCUT2D eigenvalue weighted by molar-refractivity contribution is 0.139. The molecule has 1 saturated heterocycles. The number of benzene rings is 1. The number of hydrogen-bond donors (Lipinski definition) is 2. The molecule has 0 aromatic heterocycles. The van der Waals surface area contributed by atoms with E-state index in [0.29, 0.717) is 18.6 Å². The van der Waals surface area contributed by atoms with Gasteiger partial charge in [-0.15, -0.1) is 0 Å². The fourth-order valence-electron chi connectivity index (χ4n) is 2.70. The highest BCUT2D eigenvalue weighted by atomic mass is 16.5. The maximum absolute atomic E-state index is 10.2. The fraction of sp³-hybridized carbons (Fsp3) is 0.625. The number of methoxy groups -OCH3 is 1. The summed E-state index contributed by atoms with van der Waals surface area (Å²) >= 11 is 0. The highest BCUT2D eigenvalue weighted by Gasteiger charge is 2.22. The Balaban J connectivity index is 1.81. The van der Waals surface area contributed by atoms with Gasteiger partial charge in [-0.3, -0.25) is 0 Å². The van der Waals surface area contributed by atoms with Gasteiger partial charge in [0.15, 0.2) is 0 Å². The van der Waals surface area contributed by atoms with E-state index < -0.39 is 6.10 Å². The van der Waals surface area contributed by atoms with E-state index in [2.05, 4.69) is 24.2 Å². The number of nitrogens with zero attached hydrogens (tertiary/aromatic N) is 1. The van der Waals surface area contributed by atoms with Crippen LogP contribution in [0.3, 0.4) is 0 Å². The van der Waals surface area contributed by atoms with Crippen molar-refractivity contribution in [2.75, 3.05) is 27.2 Å². The molecule has 20 heavy (non-hydrogen) atoms. The van der Waals surface area contributed by atoms with Crippen LogP contribution in [0.5, 0.6) is 5.75 Å². The zero-order chi connectivity index (χ0) is 14.5. The first-order chi connectivity index (χ1) is 9.60. The van der Waals surface area contributed by atoms with Crippen LogP contribution in [-0.2, 0) is 0 Å². The van der Waals surface area contributed by atoms with Crippen molar-refractivity contribution in [3.05, 3.63) is 29.8 Å². The van der Waals surface area contributed by atoms with Crippen molar-refractivity contribution in [3.8, 4) is 5.75 Å². The molecule has 1 heterocycles. The van der Waals surface area contributed by atoms with E-state index in [4.69, 9.17) is 4.74 Å². The van der Waals surface area contributed by atoms with Crippen LogP contribution in [0.1, 0.15) is 31.4 Å². The Morgan fingerprint density at radius 1 is 1.40 bits per heavy atom. The van der Waals surface area contributed by atoms with Gasteiger partial charge >= 0.3 is 0 Å². The fourth-order valence-corrected chi connectivity index (χ4v) is 2.70. The van der Waals surface area contributed by atoms with Gasteiger partial charge in [0, 0.05) is 18.6 Å². The Hall–Kier alpha value is -1.10. The molecule has 0 amide bonds. The minimum Gasteiger partial charge on any atom is -0.497 e. The topological polar surface area (TPSA) is 44.7 Å². The predicted octanol–water partition coefficient (Wildman–Crippen LogP) is 1.80. The van der Waals surface area contributed by atoms with E-state index in [0.717, 1.165) is 30.7 Å². The standard InChI is InChI=1S/C16H26N2O2/c1-12-10-14(8-9-18(12)2)17-11-16(19)13-4-6-15(20-3)7-5-13/h4-7,12,14,16-17,19H,8-11H2,1-3H3. The van der Waals surface area contributed by atoms with Crippen LogP contribution in [0.25, 0.3) is 0 Å². The molecule has 1 aliphatic rings. The third-order valence-corrected chi connectivity index (χ3v) is 4.31. The smallest absolute Gasteiger partial charge is 0.118 e. The number of nitrogens with one attached hydrogen (secondary N) is 1. The molecule has 1 fully saturated rings. The van der Waals surface area contributed by atoms with Gasteiger partial charge < -0.3 is 20.1 Å². The van der Waals surface area contributed by atoms with E-state index in [1.807, 2.05) is 24.3 Å². The summed E-state index contributed by atoms with van der Waals surface area (Å²) in [6, 6.07) is 8.73. The number of hydrogen-bond acceptors (Lipinski definition) is 4. The molecule has 4 heteroatoms. The molecule has 3 atom stereocenters. The molecular formula is C16H26N2O2. The van der Waals surface area contributed by atoms with Crippen molar-refractivity contribution in [2.45, 2.75) is 38.0 Å². The number of aliphatic hydroxyl groups excluding tert-OH is 1. The average molecular weight is 278 g/mol. The highest BCUT2D eigenvalue weighted by molar-refractivity contribution is 5.28. The maximum Gasteiger partial charge on any atom is 0.118 e. The first-order valence-electron chi connectivity index (χ1n) is 7.35. The monoisotopic (exact) mass is 278 g/mol. The van der Waals surface area contributed by atoms with Gasteiger partial charge in [-0.25, -0.2) is 0 Å². The highest BCUT2D eigenvalue weighted by Crippen LogP contribution is 2.19. The van der Waals surface area contributed by atoms with Crippen LogP contribution >= 0.6 is 0 Å². The lowest BCUT2D eigenvalue weighted by Gasteiger charge is -2.35. The second-order valence-electron chi connectivity index (χ2n) is 5.75. The number of rotatable bonds is 5. The van der Waals surface area contributed by atoms with E-state index in [-0.39, 0.29) is 0 Å². The van der Waals surface area contributed by atoms with Gasteiger partial charge in [-0.2, -0.15) is 0 Å². The first kappa shape index (κ1) is 15.3. The van der Waals surface area contributed by atoms with E-state index in [1.54, 1.807) is 7.11 Å². The van der Waals surface area contributed by atoms with E-state index in [9.17, 15) is 5.11 Å². The van der Waals surface area contributed by atoms with Crippen molar-refractivity contribution < 1.29 is 9.84 Å². The molecule has 1 aromatic rings. The summed E-state index contributed by atoms with van der Waals surface area (Å²) in [7, 11) is 3.82. The largest absolute Gasteiger partial charge is 0.497 e. The van der Waals surface area contributed by atoms with Crippen LogP contribution in [0.4, 0.5) is 0 Å². The summed E-state index contributed by atoms with van der Waals surface area (Å²) in [5, 5.41) is 13.7. The van der Waals surface area contributed by atoms with Gasteiger partial charge in [0.1, 0.15) is 5.75 Å². The van der Waals surface area contributed by atoms with Crippen LogP contribution in [0, 0.1) is 0 Å². The Kier molecular flexibility index (Phi) is 5.40. The second kappa shape index (κ2) is 7.07. The van der Waals surface area contributed by atoms with Crippen LogP contribution in [0.15, 0.2) is 24.3 Å². The van der Waals surface area contributed by atoms with Crippen molar-refractivity contribution in [3.63, 3.8) is 0 Å². The average Bonchev–Trinajstić information content (AvgIpc) is 2.48. The molecule has 1 aliphatic heterocycles.